The van der Waals surface area contributed by atoms with E-state index in [0.717, 1.165) is 9.87 Å². The molecule has 0 aliphatic heterocycles. The Hall–Kier alpha value is -3.07. The number of nitrogens with zero attached hydrogens (tertiary/aromatic N) is 2. The van der Waals surface area contributed by atoms with Crippen LogP contribution in [-0.2, 0) is 26.2 Å². The third kappa shape index (κ3) is 7.99. The lowest BCUT2D eigenvalue weighted by Gasteiger charge is -2.33. The van der Waals surface area contributed by atoms with Crippen LogP contribution in [0.25, 0.3) is 0 Å². The summed E-state index contributed by atoms with van der Waals surface area (Å²) in [5, 5.41) is 3.59. The molecule has 0 unspecified atom stereocenters. The number of anilines is 1. The number of sulfonamides is 1. The summed E-state index contributed by atoms with van der Waals surface area (Å²) in [6.07, 6.45) is 0.326. The lowest BCUT2D eigenvalue weighted by atomic mass is 10.1. The number of benzene rings is 3. The predicted octanol–water partition coefficient (Wildman–Crippen LogP) is 6.08. The van der Waals surface area contributed by atoms with E-state index in [0.29, 0.717) is 34.3 Å². The second-order valence-electron chi connectivity index (χ2n) is 9.99. The molecular weight excluding hydrogens is 569 g/mol. The lowest BCUT2D eigenvalue weighted by molar-refractivity contribution is -0.140. The Morgan fingerprint density at radius 3 is 2.15 bits per heavy atom. The standard InChI is InChI=1S/C30H35Cl2N3O4S/c1-5-28(30(37)33-18-21(2)3)34(19-23-13-16-26(31)27(32)17-23)29(36)20-35(24-9-7-6-8-10-24)40(38,39)25-14-11-22(4)12-15-25/h6-17,21,28H,5,18-20H2,1-4H3,(H,33,37)/t28-/m1/s1. The molecule has 7 nitrogen and oxygen atoms in total. The minimum Gasteiger partial charge on any atom is -0.354 e. The molecule has 0 saturated heterocycles. The predicted molar refractivity (Wildman–Crippen MR) is 161 cm³/mol. The minimum absolute atomic E-state index is 0.0382. The van der Waals surface area contributed by atoms with Gasteiger partial charge in [-0.3, -0.25) is 13.9 Å². The molecule has 214 valence electrons. The number of aryl methyl sites for hydroxylation is 1. The van der Waals surface area contributed by atoms with Gasteiger partial charge < -0.3 is 10.2 Å². The van der Waals surface area contributed by atoms with Crippen molar-refractivity contribution in [3.05, 3.63) is 94.0 Å². The van der Waals surface area contributed by atoms with Crippen LogP contribution < -0.4 is 9.62 Å². The number of nitrogens with one attached hydrogen (secondary N) is 1. The van der Waals surface area contributed by atoms with Crippen LogP contribution in [0, 0.1) is 12.8 Å². The Kier molecular flexibility index (Phi) is 11.0. The van der Waals surface area contributed by atoms with Crippen molar-refractivity contribution < 1.29 is 18.0 Å². The number of carbonyl (C=O) groups excluding carboxylic acids is 2. The molecule has 10 heteroatoms. The van der Waals surface area contributed by atoms with Gasteiger partial charge in [0.1, 0.15) is 12.6 Å². The summed E-state index contributed by atoms with van der Waals surface area (Å²) >= 11 is 12.3. The fraction of sp³-hybridized carbons (Fsp3) is 0.333. The highest BCUT2D eigenvalue weighted by atomic mass is 35.5. The van der Waals surface area contributed by atoms with Crippen molar-refractivity contribution in [1.82, 2.24) is 10.2 Å². The van der Waals surface area contributed by atoms with E-state index < -0.39 is 28.5 Å². The monoisotopic (exact) mass is 603 g/mol. The van der Waals surface area contributed by atoms with E-state index in [-0.39, 0.29) is 23.3 Å². The number of amides is 2. The summed E-state index contributed by atoms with van der Waals surface area (Å²) < 4.78 is 28.8. The van der Waals surface area contributed by atoms with E-state index >= 15 is 0 Å². The zero-order valence-electron chi connectivity index (χ0n) is 23.1. The molecular formula is C30H35Cl2N3O4S. The molecule has 2 amide bonds. The Bertz CT molecular complexity index is 1410. The van der Waals surface area contributed by atoms with E-state index in [2.05, 4.69) is 5.32 Å². The Labute approximate surface area is 247 Å². The average Bonchev–Trinajstić information content (AvgIpc) is 2.92. The molecule has 3 rings (SSSR count). The van der Waals surface area contributed by atoms with E-state index in [9.17, 15) is 18.0 Å². The summed E-state index contributed by atoms with van der Waals surface area (Å²) in [6.45, 7) is 7.62. The molecule has 0 aromatic heterocycles. The Balaban J connectivity index is 2.03. The first kappa shape index (κ1) is 31.5. The first-order valence-electron chi connectivity index (χ1n) is 13.1. The molecule has 0 radical (unpaired) electrons. The zero-order chi connectivity index (χ0) is 29.4. The average molecular weight is 605 g/mol. The van der Waals surface area contributed by atoms with Gasteiger partial charge in [-0.05, 0) is 61.2 Å². The molecule has 1 atom stereocenters. The van der Waals surface area contributed by atoms with Crippen LogP contribution in [0.4, 0.5) is 5.69 Å². The molecule has 0 spiro atoms. The van der Waals surface area contributed by atoms with Crippen LogP contribution in [0.1, 0.15) is 38.3 Å². The van der Waals surface area contributed by atoms with Crippen molar-refractivity contribution in [2.75, 3.05) is 17.4 Å². The molecule has 0 fully saturated rings. The summed E-state index contributed by atoms with van der Waals surface area (Å²) in [5.74, 6) is -0.622. The summed E-state index contributed by atoms with van der Waals surface area (Å²) in [5.41, 5.74) is 1.90. The van der Waals surface area contributed by atoms with Gasteiger partial charge in [0, 0.05) is 13.1 Å². The summed E-state index contributed by atoms with van der Waals surface area (Å²) in [7, 11) is -4.11. The van der Waals surface area contributed by atoms with Gasteiger partial charge in [0.15, 0.2) is 0 Å². The van der Waals surface area contributed by atoms with Gasteiger partial charge in [-0.2, -0.15) is 0 Å². The molecule has 0 aliphatic rings. The van der Waals surface area contributed by atoms with E-state index in [1.165, 1.54) is 17.0 Å². The SMILES string of the molecule is CC[C@H](C(=O)NCC(C)C)N(Cc1ccc(Cl)c(Cl)c1)C(=O)CN(c1ccccc1)S(=O)(=O)c1ccc(C)cc1. The Morgan fingerprint density at radius 2 is 1.57 bits per heavy atom. The Morgan fingerprint density at radius 1 is 0.925 bits per heavy atom. The van der Waals surface area contributed by atoms with Crippen LogP contribution in [0.3, 0.4) is 0 Å². The van der Waals surface area contributed by atoms with Gasteiger partial charge in [0.05, 0.1) is 20.6 Å². The normalized spacial score (nSPS) is 12.2. The number of para-hydroxylation sites is 1. The highest BCUT2D eigenvalue weighted by molar-refractivity contribution is 7.92. The highest BCUT2D eigenvalue weighted by Gasteiger charge is 2.33. The first-order valence-corrected chi connectivity index (χ1v) is 15.3. The first-order chi connectivity index (χ1) is 18.9. The molecule has 0 bridgehead atoms. The smallest absolute Gasteiger partial charge is 0.264 e. The van der Waals surface area contributed by atoms with Gasteiger partial charge in [-0.25, -0.2) is 8.42 Å². The number of hydrogen-bond donors (Lipinski definition) is 1. The van der Waals surface area contributed by atoms with Crippen LogP contribution in [0.5, 0.6) is 0 Å². The van der Waals surface area contributed by atoms with Crippen LogP contribution in [0.2, 0.25) is 10.0 Å². The van der Waals surface area contributed by atoms with Crippen molar-refractivity contribution in [3.63, 3.8) is 0 Å². The number of halogens is 2. The molecule has 0 saturated carbocycles. The van der Waals surface area contributed by atoms with Gasteiger partial charge in [-0.1, -0.05) is 85.9 Å². The molecule has 40 heavy (non-hydrogen) atoms. The molecule has 3 aromatic rings. The topological polar surface area (TPSA) is 86.8 Å². The second kappa shape index (κ2) is 14.0. The highest BCUT2D eigenvalue weighted by Crippen LogP contribution is 2.26. The number of hydrogen-bond acceptors (Lipinski definition) is 4. The fourth-order valence-corrected chi connectivity index (χ4v) is 5.87. The van der Waals surface area contributed by atoms with Gasteiger partial charge >= 0.3 is 0 Å². The van der Waals surface area contributed by atoms with Crippen LogP contribution >= 0.6 is 23.2 Å². The molecule has 1 N–H and O–H groups in total. The maximum absolute atomic E-state index is 14.0. The summed E-state index contributed by atoms with van der Waals surface area (Å²) in [6, 6.07) is 19.1. The molecule has 3 aromatic carbocycles. The van der Waals surface area contributed by atoms with Crippen LogP contribution in [0.15, 0.2) is 77.7 Å². The van der Waals surface area contributed by atoms with Gasteiger partial charge in [0.25, 0.3) is 10.0 Å². The van der Waals surface area contributed by atoms with Gasteiger partial charge in [-0.15, -0.1) is 0 Å². The van der Waals surface area contributed by atoms with Crippen molar-refractivity contribution >= 4 is 50.7 Å². The number of carbonyl (C=O) groups is 2. The molecule has 0 heterocycles. The van der Waals surface area contributed by atoms with Gasteiger partial charge in [0.2, 0.25) is 11.8 Å². The fourth-order valence-electron chi connectivity index (χ4n) is 4.14. The van der Waals surface area contributed by atoms with Crippen molar-refractivity contribution in [2.24, 2.45) is 5.92 Å². The minimum atomic E-state index is -4.11. The third-order valence-electron chi connectivity index (χ3n) is 6.34. The summed E-state index contributed by atoms with van der Waals surface area (Å²) in [4.78, 5) is 28.8. The zero-order valence-corrected chi connectivity index (χ0v) is 25.4. The van der Waals surface area contributed by atoms with Crippen molar-refractivity contribution in [3.8, 4) is 0 Å². The molecule has 0 aliphatic carbocycles. The van der Waals surface area contributed by atoms with E-state index in [1.54, 1.807) is 60.7 Å². The maximum atomic E-state index is 14.0. The van der Waals surface area contributed by atoms with Crippen LogP contribution in [-0.4, -0.2) is 44.3 Å². The number of rotatable bonds is 12. The van der Waals surface area contributed by atoms with E-state index in [4.69, 9.17) is 23.2 Å². The maximum Gasteiger partial charge on any atom is 0.264 e. The largest absolute Gasteiger partial charge is 0.354 e. The second-order valence-corrected chi connectivity index (χ2v) is 12.7. The quantitative estimate of drug-likeness (QED) is 0.272. The van der Waals surface area contributed by atoms with E-state index in [1.807, 2.05) is 27.7 Å². The third-order valence-corrected chi connectivity index (χ3v) is 8.87. The van der Waals surface area contributed by atoms with Crippen molar-refractivity contribution in [1.29, 1.82) is 0 Å². The van der Waals surface area contributed by atoms with Crippen molar-refractivity contribution in [2.45, 2.75) is 51.6 Å². The lowest BCUT2D eigenvalue weighted by Crippen LogP contribution is -2.52.